The number of pyridine rings is 1. The van der Waals surface area contributed by atoms with Gasteiger partial charge in [-0.1, -0.05) is 0 Å². The maximum Gasteiger partial charge on any atom is 0.219 e. The number of ether oxygens (including phenoxy) is 2. The maximum absolute atomic E-state index is 13.6. The zero-order chi connectivity index (χ0) is 14.5. The SMILES string of the molecule is COc1ncccc1COc1c(F)cc(C=O)cc1F. The van der Waals surface area contributed by atoms with E-state index in [0.717, 1.165) is 12.1 Å². The zero-order valence-electron chi connectivity index (χ0n) is 10.6. The van der Waals surface area contributed by atoms with Crippen LogP contribution < -0.4 is 9.47 Å². The average molecular weight is 279 g/mol. The summed E-state index contributed by atoms with van der Waals surface area (Å²) in [5.74, 6) is -2.09. The number of carbonyl (C=O) groups excluding carboxylic acids is 1. The minimum Gasteiger partial charge on any atom is -0.483 e. The predicted octanol–water partition coefficient (Wildman–Crippen LogP) is 2.76. The average Bonchev–Trinajstić information content (AvgIpc) is 2.46. The van der Waals surface area contributed by atoms with Crippen LogP contribution in [0.2, 0.25) is 0 Å². The number of hydrogen-bond donors (Lipinski definition) is 0. The number of rotatable bonds is 5. The summed E-state index contributed by atoms with van der Waals surface area (Å²) in [6, 6.07) is 5.14. The smallest absolute Gasteiger partial charge is 0.219 e. The van der Waals surface area contributed by atoms with Gasteiger partial charge in [0.15, 0.2) is 17.4 Å². The Balaban J connectivity index is 2.21. The van der Waals surface area contributed by atoms with Crippen LogP contribution in [0, 0.1) is 11.6 Å². The number of halogens is 2. The van der Waals surface area contributed by atoms with Gasteiger partial charge in [-0.25, -0.2) is 13.8 Å². The van der Waals surface area contributed by atoms with Gasteiger partial charge < -0.3 is 9.47 Å². The molecule has 1 aromatic carbocycles. The van der Waals surface area contributed by atoms with E-state index in [1.807, 2.05) is 0 Å². The number of nitrogens with zero attached hydrogens (tertiary/aromatic N) is 1. The molecular weight excluding hydrogens is 268 g/mol. The summed E-state index contributed by atoms with van der Waals surface area (Å²) < 4.78 is 37.3. The maximum atomic E-state index is 13.6. The minimum absolute atomic E-state index is 0.0914. The van der Waals surface area contributed by atoms with Crippen LogP contribution in [0.1, 0.15) is 15.9 Å². The van der Waals surface area contributed by atoms with E-state index in [2.05, 4.69) is 4.98 Å². The first-order valence-corrected chi connectivity index (χ1v) is 5.70. The second kappa shape index (κ2) is 6.10. The molecule has 2 aromatic rings. The third kappa shape index (κ3) is 2.90. The van der Waals surface area contributed by atoms with Gasteiger partial charge in [0.25, 0.3) is 0 Å². The minimum atomic E-state index is -0.935. The van der Waals surface area contributed by atoms with Crippen molar-refractivity contribution in [2.45, 2.75) is 6.61 Å². The van der Waals surface area contributed by atoms with Gasteiger partial charge in [0.2, 0.25) is 5.88 Å². The van der Waals surface area contributed by atoms with Crippen molar-refractivity contribution in [2.75, 3.05) is 7.11 Å². The van der Waals surface area contributed by atoms with E-state index in [4.69, 9.17) is 9.47 Å². The number of benzene rings is 1. The molecule has 0 bridgehead atoms. The predicted molar refractivity (Wildman–Crippen MR) is 66.9 cm³/mol. The highest BCUT2D eigenvalue weighted by Crippen LogP contribution is 2.25. The van der Waals surface area contributed by atoms with Gasteiger partial charge in [-0.05, 0) is 24.3 Å². The Kier molecular flexibility index (Phi) is 4.24. The summed E-state index contributed by atoms with van der Waals surface area (Å²) in [5.41, 5.74) is 0.458. The van der Waals surface area contributed by atoms with Crippen LogP contribution in [-0.2, 0) is 6.61 Å². The van der Waals surface area contributed by atoms with Crippen LogP contribution in [0.5, 0.6) is 11.6 Å². The molecule has 0 radical (unpaired) electrons. The van der Waals surface area contributed by atoms with Crippen LogP contribution in [0.15, 0.2) is 30.5 Å². The monoisotopic (exact) mass is 279 g/mol. The standard InChI is InChI=1S/C14H11F2NO3/c1-19-14-10(3-2-4-17-14)8-20-13-11(15)5-9(7-18)6-12(13)16/h2-7H,8H2,1H3. The van der Waals surface area contributed by atoms with Crippen molar-refractivity contribution in [3.05, 3.63) is 53.2 Å². The third-order valence-electron chi connectivity index (χ3n) is 2.57. The van der Waals surface area contributed by atoms with E-state index < -0.39 is 17.4 Å². The molecule has 6 heteroatoms. The number of hydrogen-bond acceptors (Lipinski definition) is 4. The molecule has 0 saturated heterocycles. The van der Waals surface area contributed by atoms with E-state index in [9.17, 15) is 13.6 Å². The summed E-state index contributed by atoms with van der Waals surface area (Å²) in [6.07, 6.45) is 1.89. The van der Waals surface area contributed by atoms with Crippen LogP contribution in [-0.4, -0.2) is 18.4 Å². The zero-order valence-corrected chi connectivity index (χ0v) is 10.6. The van der Waals surface area contributed by atoms with Crippen molar-refractivity contribution in [1.29, 1.82) is 0 Å². The summed E-state index contributed by atoms with van der Waals surface area (Å²) in [7, 11) is 1.44. The molecule has 0 aliphatic rings. The van der Waals surface area contributed by atoms with Crippen LogP contribution >= 0.6 is 0 Å². The van der Waals surface area contributed by atoms with Gasteiger partial charge in [-0.15, -0.1) is 0 Å². The fourth-order valence-corrected chi connectivity index (χ4v) is 1.65. The molecule has 0 fully saturated rings. The van der Waals surface area contributed by atoms with E-state index >= 15 is 0 Å². The highest BCUT2D eigenvalue weighted by molar-refractivity contribution is 5.75. The molecule has 0 aliphatic carbocycles. The molecule has 1 aromatic heterocycles. The van der Waals surface area contributed by atoms with E-state index in [0.29, 0.717) is 17.7 Å². The lowest BCUT2D eigenvalue weighted by atomic mass is 10.2. The van der Waals surface area contributed by atoms with Crippen molar-refractivity contribution >= 4 is 6.29 Å². The van der Waals surface area contributed by atoms with Gasteiger partial charge in [0.05, 0.1) is 12.7 Å². The molecular formula is C14H11F2NO3. The van der Waals surface area contributed by atoms with Crippen molar-refractivity contribution in [1.82, 2.24) is 4.98 Å². The van der Waals surface area contributed by atoms with Gasteiger partial charge in [-0.3, -0.25) is 4.79 Å². The number of methoxy groups -OCH3 is 1. The fraction of sp³-hybridized carbons (Fsp3) is 0.143. The summed E-state index contributed by atoms with van der Waals surface area (Å²) in [6.45, 7) is -0.106. The van der Waals surface area contributed by atoms with Crippen molar-refractivity contribution in [2.24, 2.45) is 0 Å². The Morgan fingerprint density at radius 1 is 1.30 bits per heavy atom. The first-order valence-electron chi connectivity index (χ1n) is 5.70. The molecule has 2 rings (SSSR count). The molecule has 20 heavy (non-hydrogen) atoms. The molecule has 0 N–H and O–H groups in total. The van der Waals surface area contributed by atoms with E-state index in [1.54, 1.807) is 12.1 Å². The Bertz CT molecular complexity index is 609. The van der Waals surface area contributed by atoms with Crippen LogP contribution in [0.25, 0.3) is 0 Å². The quantitative estimate of drug-likeness (QED) is 0.790. The Morgan fingerprint density at radius 3 is 2.60 bits per heavy atom. The second-order valence-corrected chi connectivity index (χ2v) is 3.89. The van der Waals surface area contributed by atoms with Gasteiger partial charge >= 0.3 is 0 Å². The molecule has 1 heterocycles. The van der Waals surface area contributed by atoms with Crippen LogP contribution in [0.3, 0.4) is 0 Å². The Hall–Kier alpha value is -2.50. The molecule has 0 unspecified atom stereocenters. The van der Waals surface area contributed by atoms with Crippen molar-refractivity contribution < 1.29 is 23.0 Å². The highest BCUT2D eigenvalue weighted by atomic mass is 19.1. The number of aromatic nitrogens is 1. The van der Waals surface area contributed by atoms with Gasteiger partial charge in [-0.2, -0.15) is 0 Å². The van der Waals surface area contributed by atoms with Crippen molar-refractivity contribution in [3.8, 4) is 11.6 Å². The third-order valence-corrected chi connectivity index (χ3v) is 2.57. The van der Waals surface area contributed by atoms with Crippen molar-refractivity contribution in [3.63, 3.8) is 0 Å². The molecule has 0 saturated carbocycles. The fourth-order valence-electron chi connectivity index (χ4n) is 1.65. The van der Waals surface area contributed by atoms with E-state index in [1.165, 1.54) is 13.3 Å². The lowest BCUT2D eigenvalue weighted by Crippen LogP contribution is -2.03. The second-order valence-electron chi connectivity index (χ2n) is 3.89. The Labute approximate surface area is 114 Å². The lowest BCUT2D eigenvalue weighted by molar-refractivity contribution is 0.112. The topological polar surface area (TPSA) is 48.4 Å². The van der Waals surface area contributed by atoms with Gasteiger partial charge in [0.1, 0.15) is 12.9 Å². The summed E-state index contributed by atoms with van der Waals surface area (Å²) in [5, 5.41) is 0. The summed E-state index contributed by atoms with van der Waals surface area (Å²) >= 11 is 0. The number of carbonyl (C=O) groups is 1. The first-order chi connectivity index (χ1) is 9.65. The largest absolute Gasteiger partial charge is 0.483 e. The molecule has 0 amide bonds. The molecule has 0 atom stereocenters. The molecule has 0 aliphatic heterocycles. The van der Waals surface area contributed by atoms with E-state index in [-0.39, 0.29) is 12.2 Å². The highest BCUT2D eigenvalue weighted by Gasteiger charge is 2.14. The summed E-state index contributed by atoms with van der Waals surface area (Å²) in [4.78, 5) is 14.4. The normalized spacial score (nSPS) is 10.2. The van der Waals surface area contributed by atoms with Gasteiger partial charge in [0, 0.05) is 11.8 Å². The molecule has 104 valence electrons. The van der Waals surface area contributed by atoms with Crippen LogP contribution in [0.4, 0.5) is 8.78 Å². The number of aldehydes is 1. The molecule has 0 spiro atoms. The lowest BCUT2D eigenvalue weighted by Gasteiger charge is -2.10. The Morgan fingerprint density at radius 2 is 2.00 bits per heavy atom. The molecule has 4 nitrogen and oxygen atoms in total. The first kappa shape index (κ1) is 13.9.